The van der Waals surface area contributed by atoms with Gasteiger partial charge >= 0.3 is 0 Å². The van der Waals surface area contributed by atoms with Crippen molar-refractivity contribution in [1.29, 1.82) is 0 Å². The summed E-state index contributed by atoms with van der Waals surface area (Å²) in [6.07, 6.45) is 1.84. The molecule has 104 valence electrons. The second-order valence-electron chi connectivity index (χ2n) is 5.27. The highest BCUT2D eigenvalue weighted by Gasteiger charge is 2.26. The average molecular weight is 284 g/mol. The van der Waals surface area contributed by atoms with Crippen LogP contribution in [-0.4, -0.2) is 29.3 Å². The Bertz CT molecular complexity index is 467. The second-order valence-corrected chi connectivity index (χ2v) is 5.95. The SMILES string of the molecule is Cc1ccc(F)cc1C(=O)N1CCC(C(C)Cl)CC1. The smallest absolute Gasteiger partial charge is 0.254 e. The predicted octanol–water partition coefficient (Wildman–Crippen LogP) is 3.61. The van der Waals surface area contributed by atoms with Crippen LogP contribution in [-0.2, 0) is 0 Å². The molecule has 1 atom stereocenters. The lowest BCUT2D eigenvalue weighted by Crippen LogP contribution is -2.40. The third-order valence-corrected chi connectivity index (χ3v) is 4.26. The molecule has 0 aliphatic carbocycles. The quantitative estimate of drug-likeness (QED) is 0.759. The van der Waals surface area contributed by atoms with E-state index >= 15 is 0 Å². The summed E-state index contributed by atoms with van der Waals surface area (Å²) in [6.45, 7) is 5.24. The molecule has 0 spiro atoms. The zero-order chi connectivity index (χ0) is 14.0. The van der Waals surface area contributed by atoms with Crippen molar-refractivity contribution in [3.8, 4) is 0 Å². The molecule has 2 nitrogen and oxygen atoms in total. The Kier molecular flexibility index (Phi) is 4.46. The van der Waals surface area contributed by atoms with Crippen LogP contribution in [0.5, 0.6) is 0 Å². The fourth-order valence-corrected chi connectivity index (χ4v) is 2.81. The van der Waals surface area contributed by atoms with Crippen molar-refractivity contribution in [2.24, 2.45) is 5.92 Å². The highest BCUT2D eigenvalue weighted by atomic mass is 35.5. The van der Waals surface area contributed by atoms with Crippen LogP contribution in [0.25, 0.3) is 0 Å². The third-order valence-electron chi connectivity index (χ3n) is 3.91. The van der Waals surface area contributed by atoms with E-state index in [1.54, 1.807) is 11.0 Å². The number of hydrogen-bond acceptors (Lipinski definition) is 1. The van der Waals surface area contributed by atoms with Crippen molar-refractivity contribution >= 4 is 17.5 Å². The van der Waals surface area contributed by atoms with Gasteiger partial charge in [-0.2, -0.15) is 0 Å². The van der Waals surface area contributed by atoms with E-state index in [1.807, 2.05) is 13.8 Å². The minimum atomic E-state index is -0.363. The second kappa shape index (κ2) is 5.91. The highest BCUT2D eigenvalue weighted by Crippen LogP contribution is 2.25. The normalized spacial score (nSPS) is 18.4. The molecule has 0 radical (unpaired) electrons. The molecule has 4 heteroatoms. The summed E-state index contributed by atoms with van der Waals surface area (Å²) in [5, 5.41) is 0.146. The molecule has 1 aromatic rings. The summed E-state index contributed by atoms with van der Waals surface area (Å²) in [6, 6.07) is 4.36. The van der Waals surface area contributed by atoms with E-state index in [4.69, 9.17) is 11.6 Å². The van der Waals surface area contributed by atoms with Crippen LogP contribution in [0.2, 0.25) is 0 Å². The Balaban J connectivity index is 2.07. The Hall–Kier alpha value is -1.09. The van der Waals surface area contributed by atoms with E-state index in [2.05, 4.69) is 0 Å². The van der Waals surface area contributed by atoms with E-state index in [9.17, 15) is 9.18 Å². The van der Waals surface area contributed by atoms with E-state index in [0.717, 1.165) is 18.4 Å². The Morgan fingerprint density at radius 2 is 2.05 bits per heavy atom. The van der Waals surface area contributed by atoms with Crippen LogP contribution < -0.4 is 0 Å². The first-order chi connectivity index (χ1) is 8.99. The van der Waals surface area contributed by atoms with Crippen molar-refractivity contribution in [3.05, 3.63) is 35.1 Å². The van der Waals surface area contributed by atoms with Gasteiger partial charge in [0.25, 0.3) is 5.91 Å². The molecule has 0 N–H and O–H groups in total. The van der Waals surface area contributed by atoms with Crippen LogP contribution in [0.1, 0.15) is 35.7 Å². The molecule has 19 heavy (non-hydrogen) atoms. The van der Waals surface area contributed by atoms with Gasteiger partial charge in [-0.25, -0.2) is 4.39 Å². The predicted molar refractivity (Wildman–Crippen MR) is 75.1 cm³/mol. The first-order valence-corrected chi connectivity index (χ1v) is 7.12. The molecule has 1 aliphatic rings. The van der Waals surface area contributed by atoms with Crippen LogP contribution in [0.4, 0.5) is 4.39 Å². The molecule has 1 fully saturated rings. The van der Waals surface area contributed by atoms with Crippen LogP contribution >= 0.6 is 11.6 Å². The molecule has 0 bridgehead atoms. The number of likely N-dealkylation sites (tertiary alicyclic amines) is 1. The summed E-state index contributed by atoms with van der Waals surface area (Å²) in [5.41, 5.74) is 1.29. The molecule has 0 saturated carbocycles. The van der Waals surface area contributed by atoms with Crippen molar-refractivity contribution in [1.82, 2.24) is 4.90 Å². The zero-order valence-electron chi connectivity index (χ0n) is 11.3. The summed E-state index contributed by atoms with van der Waals surface area (Å²) in [4.78, 5) is 14.2. The number of carbonyl (C=O) groups excluding carboxylic acids is 1. The van der Waals surface area contributed by atoms with Gasteiger partial charge in [0.05, 0.1) is 0 Å². The molecule has 1 aromatic carbocycles. The molecule has 0 aromatic heterocycles. The maximum atomic E-state index is 13.3. The van der Waals surface area contributed by atoms with Gasteiger partial charge in [-0.15, -0.1) is 11.6 Å². The van der Waals surface area contributed by atoms with E-state index in [1.165, 1.54) is 12.1 Å². The van der Waals surface area contributed by atoms with E-state index in [0.29, 0.717) is 24.6 Å². The molecular weight excluding hydrogens is 265 g/mol. The average Bonchev–Trinajstić information content (AvgIpc) is 2.41. The number of nitrogens with zero attached hydrogens (tertiary/aromatic N) is 1. The number of aryl methyl sites for hydroxylation is 1. The lowest BCUT2D eigenvalue weighted by Gasteiger charge is -2.33. The lowest BCUT2D eigenvalue weighted by molar-refractivity contribution is 0.0689. The number of alkyl halides is 1. The van der Waals surface area contributed by atoms with Gasteiger partial charge in [0.1, 0.15) is 5.82 Å². The molecule has 1 unspecified atom stereocenters. The van der Waals surface area contributed by atoms with Crippen molar-refractivity contribution < 1.29 is 9.18 Å². The summed E-state index contributed by atoms with van der Waals surface area (Å²) in [5.74, 6) is 0.0372. The van der Waals surface area contributed by atoms with Crippen LogP contribution in [0.15, 0.2) is 18.2 Å². The number of rotatable bonds is 2. The summed E-state index contributed by atoms with van der Waals surface area (Å²) >= 11 is 6.09. The molecular formula is C15H19ClFNO. The zero-order valence-corrected chi connectivity index (χ0v) is 12.1. The van der Waals surface area contributed by atoms with Crippen molar-refractivity contribution in [3.63, 3.8) is 0 Å². The fraction of sp³-hybridized carbons (Fsp3) is 0.533. The van der Waals surface area contributed by atoms with Gasteiger partial charge in [-0.3, -0.25) is 4.79 Å². The first kappa shape index (κ1) is 14.3. The molecule has 2 rings (SSSR count). The number of hydrogen-bond donors (Lipinski definition) is 0. The minimum Gasteiger partial charge on any atom is -0.339 e. The Morgan fingerprint density at radius 3 is 2.63 bits per heavy atom. The number of piperidine rings is 1. The summed E-state index contributed by atoms with van der Waals surface area (Å²) < 4.78 is 13.3. The van der Waals surface area contributed by atoms with Crippen molar-refractivity contribution in [2.75, 3.05) is 13.1 Å². The standard InChI is InChI=1S/C15H19ClFNO/c1-10-3-4-13(17)9-14(10)15(19)18-7-5-12(6-8-18)11(2)16/h3-4,9,11-12H,5-8H2,1-2H3. The Labute approximate surface area is 118 Å². The van der Waals surface area contributed by atoms with Gasteiger partial charge in [0.2, 0.25) is 0 Å². The fourth-order valence-electron chi connectivity index (χ4n) is 2.56. The molecule has 1 aliphatic heterocycles. The van der Waals surface area contributed by atoms with Gasteiger partial charge < -0.3 is 4.90 Å². The van der Waals surface area contributed by atoms with Crippen molar-refractivity contribution in [2.45, 2.75) is 32.1 Å². The van der Waals surface area contributed by atoms with Gasteiger partial charge in [0.15, 0.2) is 0 Å². The maximum Gasteiger partial charge on any atom is 0.254 e. The van der Waals surface area contributed by atoms with Crippen LogP contribution in [0, 0.1) is 18.7 Å². The molecule has 1 heterocycles. The number of halogens is 2. The van der Waals surface area contributed by atoms with Gasteiger partial charge in [0, 0.05) is 24.0 Å². The topological polar surface area (TPSA) is 20.3 Å². The Morgan fingerprint density at radius 1 is 1.42 bits per heavy atom. The van der Waals surface area contributed by atoms with E-state index < -0.39 is 0 Å². The number of amides is 1. The highest BCUT2D eigenvalue weighted by molar-refractivity contribution is 6.20. The number of carbonyl (C=O) groups is 1. The van der Waals surface area contributed by atoms with E-state index in [-0.39, 0.29) is 17.1 Å². The van der Waals surface area contributed by atoms with Gasteiger partial charge in [-0.05, 0) is 50.3 Å². The van der Waals surface area contributed by atoms with Gasteiger partial charge in [-0.1, -0.05) is 6.07 Å². The molecule has 1 saturated heterocycles. The summed E-state index contributed by atoms with van der Waals surface area (Å²) in [7, 11) is 0. The number of benzene rings is 1. The first-order valence-electron chi connectivity index (χ1n) is 6.68. The molecule has 1 amide bonds. The minimum absolute atomic E-state index is 0.0716. The monoisotopic (exact) mass is 283 g/mol. The van der Waals surface area contributed by atoms with Crippen LogP contribution in [0.3, 0.4) is 0 Å². The third kappa shape index (κ3) is 3.27. The maximum absolute atomic E-state index is 13.3. The largest absolute Gasteiger partial charge is 0.339 e. The lowest BCUT2D eigenvalue weighted by atomic mass is 9.93.